The molecule has 1 aliphatic carbocycles. The number of carbonyl (C=O) groups excluding carboxylic acids is 1. The summed E-state index contributed by atoms with van der Waals surface area (Å²) in [7, 11) is 3.70. The molecule has 1 aromatic carbocycles. The van der Waals surface area contributed by atoms with Crippen LogP contribution in [0.25, 0.3) is 22.6 Å². The van der Waals surface area contributed by atoms with Gasteiger partial charge in [-0.05, 0) is 31.0 Å². The highest BCUT2D eigenvalue weighted by atomic mass is 19.4. The van der Waals surface area contributed by atoms with Crippen molar-refractivity contribution in [3.05, 3.63) is 47.2 Å². The van der Waals surface area contributed by atoms with Gasteiger partial charge in [-0.2, -0.15) is 45.3 Å². The van der Waals surface area contributed by atoms with Gasteiger partial charge in [0.25, 0.3) is 5.91 Å². The minimum atomic E-state index is -6.29. The van der Waals surface area contributed by atoms with Crippen molar-refractivity contribution in [2.24, 2.45) is 14.1 Å². The van der Waals surface area contributed by atoms with Gasteiger partial charge in [-0.15, -0.1) is 0 Å². The van der Waals surface area contributed by atoms with E-state index in [-0.39, 0.29) is 17.6 Å². The minimum Gasteiger partial charge on any atom is -0.339 e. The molecule has 0 atom stereocenters. The lowest BCUT2D eigenvalue weighted by Crippen LogP contribution is -2.36. The fraction of sp³-hybridized carbons (Fsp3) is 0.409. The number of nitrogens with zero attached hydrogens (tertiary/aromatic N) is 5. The largest absolute Gasteiger partial charge is 0.459 e. The van der Waals surface area contributed by atoms with Crippen LogP contribution in [0.15, 0.2) is 30.3 Å². The summed E-state index contributed by atoms with van der Waals surface area (Å²) < 4.78 is 110. The number of alkyl halides is 8. The molecule has 0 spiro atoms. The second kappa shape index (κ2) is 8.30. The van der Waals surface area contributed by atoms with E-state index in [0.29, 0.717) is 15.8 Å². The monoisotopic (exact) mass is 521 g/mol. The van der Waals surface area contributed by atoms with Crippen LogP contribution in [0.4, 0.5) is 35.1 Å². The number of benzene rings is 1. The van der Waals surface area contributed by atoms with E-state index >= 15 is 0 Å². The third-order valence-electron chi connectivity index (χ3n) is 5.93. The van der Waals surface area contributed by atoms with Gasteiger partial charge in [0.15, 0.2) is 5.69 Å². The summed E-state index contributed by atoms with van der Waals surface area (Å²) in [5.74, 6) is -6.11. The Labute approximate surface area is 199 Å². The Morgan fingerprint density at radius 1 is 0.972 bits per heavy atom. The number of hydrogen-bond acceptors (Lipinski definition) is 3. The lowest BCUT2D eigenvalue weighted by molar-refractivity contribution is -0.292. The second-order valence-electron chi connectivity index (χ2n) is 8.53. The number of rotatable bonds is 5. The predicted octanol–water partition coefficient (Wildman–Crippen LogP) is 5.39. The van der Waals surface area contributed by atoms with Crippen LogP contribution in [0.5, 0.6) is 0 Å². The molecule has 4 rings (SSSR count). The smallest absolute Gasteiger partial charge is 0.339 e. The van der Waals surface area contributed by atoms with Crippen molar-refractivity contribution in [2.45, 2.75) is 37.2 Å². The van der Waals surface area contributed by atoms with Gasteiger partial charge in [-0.3, -0.25) is 14.2 Å². The maximum absolute atomic E-state index is 14.0. The summed E-state index contributed by atoms with van der Waals surface area (Å²) >= 11 is 0. The molecular weight excluding hydrogens is 502 g/mol. The lowest BCUT2D eigenvalue weighted by atomic mass is 10.0. The Morgan fingerprint density at radius 2 is 1.61 bits per heavy atom. The third-order valence-corrected chi connectivity index (χ3v) is 5.93. The minimum absolute atomic E-state index is 0.0784. The van der Waals surface area contributed by atoms with E-state index in [1.165, 1.54) is 19.2 Å². The molecule has 6 nitrogen and oxygen atoms in total. The molecule has 2 aromatic heterocycles. The maximum atomic E-state index is 14.0. The second-order valence-corrected chi connectivity index (χ2v) is 8.53. The Kier molecular flexibility index (Phi) is 5.91. The molecule has 1 amide bonds. The van der Waals surface area contributed by atoms with Crippen LogP contribution in [0.1, 0.15) is 34.5 Å². The fourth-order valence-electron chi connectivity index (χ4n) is 3.91. The van der Waals surface area contributed by atoms with Crippen molar-refractivity contribution in [1.29, 1.82) is 0 Å². The number of aryl methyl sites for hydroxylation is 2. The highest BCUT2D eigenvalue weighted by molar-refractivity contribution is 5.95. The molecule has 1 aliphatic rings. The van der Waals surface area contributed by atoms with E-state index in [9.17, 15) is 39.9 Å². The van der Waals surface area contributed by atoms with Gasteiger partial charge >= 0.3 is 18.3 Å². The van der Waals surface area contributed by atoms with Crippen LogP contribution in [-0.2, 0) is 26.2 Å². The molecule has 0 bridgehead atoms. The topological polar surface area (TPSA) is 56.0 Å². The van der Waals surface area contributed by atoms with Gasteiger partial charge in [0.1, 0.15) is 5.56 Å². The average Bonchev–Trinajstić information content (AvgIpc) is 3.46. The summed E-state index contributed by atoms with van der Waals surface area (Å²) in [6, 6.07) is 7.36. The zero-order valence-electron chi connectivity index (χ0n) is 19.0. The molecule has 14 heteroatoms. The highest BCUT2D eigenvalue weighted by Gasteiger charge is 2.64. The first-order valence-corrected chi connectivity index (χ1v) is 10.5. The number of hydrogen-bond donors (Lipinski definition) is 0. The summed E-state index contributed by atoms with van der Waals surface area (Å²) in [4.78, 5) is 14.3. The zero-order chi connectivity index (χ0) is 26.8. The Balaban J connectivity index is 1.82. The normalized spacial score (nSPS) is 14.9. The molecule has 36 heavy (non-hydrogen) atoms. The first kappa shape index (κ1) is 25.6. The molecule has 194 valence electrons. The molecule has 0 saturated heterocycles. The molecule has 1 saturated carbocycles. The third kappa shape index (κ3) is 4.32. The fourth-order valence-corrected chi connectivity index (χ4v) is 3.91. The van der Waals surface area contributed by atoms with Gasteiger partial charge in [0.2, 0.25) is 0 Å². The number of carbonyl (C=O) groups is 1. The zero-order valence-corrected chi connectivity index (χ0v) is 19.0. The Bertz CT molecular complexity index is 1320. The van der Waals surface area contributed by atoms with Crippen molar-refractivity contribution in [2.75, 3.05) is 7.05 Å². The van der Waals surface area contributed by atoms with E-state index in [1.807, 2.05) is 0 Å². The highest BCUT2D eigenvalue weighted by Crippen LogP contribution is 2.50. The number of aromatic nitrogens is 4. The molecule has 0 radical (unpaired) electrons. The van der Waals surface area contributed by atoms with Crippen LogP contribution in [0.3, 0.4) is 0 Å². The van der Waals surface area contributed by atoms with E-state index in [0.717, 1.165) is 30.6 Å². The molecular formula is C22H19F8N5O. The molecule has 3 aromatic rings. The first-order valence-electron chi connectivity index (χ1n) is 10.5. The van der Waals surface area contributed by atoms with Crippen LogP contribution in [0.2, 0.25) is 0 Å². The van der Waals surface area contributed by atoms with Crippen molar-refractivity contribution in [1.82, 2.24) is 24.5 Å². The molecule has 1 fully saturated rings. The summed E-state index contributed by atoms with van der Waals surface area (Å²) in [5, 5.41) is 7.04. The Hall–Kier alpha value is -3.45. The average molecular weight is 521 g/mol. The van der Waals surface area contributed by atoms with Crippen LogP contribution >= 0.6 is 0 Å². The molecule has 0 aliphatic heterocycles. The molecule has 2 heterocycles. The van der Waals surface area contributed by atoms with Crippen LogP contribution in [-0.4, -0.2) is 49.6 Å². The van der Waals surface area contributed by atoms with E-state index in [4.69, 9.17) is 0 Å². The lowest BCUT2D eigenvalue weighted by Gasteiger charge is -2.19. The van der Waals surface area contributed by atoms with Gasteiger partial charge in [-0.1, -0.05) is 12.1 Å². The van der Waals surface area contributed by atoms with Crippen molar-refractivity contribution < 1.29 is 39.9 Å². The van der Waals surface area contributed by atoms with E-state index < -0.39 is 40.9 Å². The molecule has 0 N–H and O–H groups in total. The van der Waals surface area contributed by atoms with Gasteiger partial charge in [0, 0.05) is 38.3 Å². The summed E-state index contributed by atoms with van der Waals surface area (Å²) in [5.41, 5.74) is -5.35. The van der Waals surface area contributed by atoms with Crippen LogP contribution < -0.4 is 0 Å². The SMILES string of the molecule is CN(C(=O)c1cccc(-c2cc(-c3c(C(F)(F)F)c(C(F)(F)C(F)(F)F)nn3C)n(C)n2)c1)C1CC1. The molecule has 0 unspecified atom stereocenters. The predicted molar refractivity (Wildman–Crippen MR) is 111 cm³/mol. The first-order chi connectivity index (χ1) is 16.5. The van der Waals surface area contributed by atoms with Gasteiger partial charge in [0.05, 0.1) is 17.1 Å². The van der Waals surface area contributed by atoms with Gasteiger partial charge in [-0.25, -0.2) is 0 Å². The summed E-state index contributed by atoms with van der Waals surface area (Å²) in [6.45, 7) is 0. The van der Waals surface area contributed by atoms with Gasteiger partial charge < -0.3 is 4.90 Å². The number of amides is 1. The van der Waals surface area contributed by atoms with Crippen LogP contribution in [0, 0.1) is 0 Å². The van der Waals surface area contributed by atoms with E-state index in [2.05, 4.69) is 10.2 Å². The van der Waals surface area contributed by atoms with E-state index in [1.54, 1.807) is 24.1 Å². The summed E-state index contributed by atoms with van der Waals surface area (Å²) in [6.07, 6.45) is -10.1. The maximum Gasteiger partial charge on any atom is 0.459 e. The number of halogens is 8. The van der Waals surface area contributed by atoms with Crippen molar-refractivity contribution in [3.8, 4) is 22.6 Å². The standard InChI is InChI=1S/C22H19F8N5O/c1-33(13-7-8-13)19(36)12-6-4-5-11(9-12)14-10-15(34(2)31-14)17-16(21(25,26)27)18(32-35(17)3)20(23,24)22(28,29)30/h4-6,9-10,13H,7-8H2,1-3H3. The quantitative estimate of drug-likeness (QED) is 0.423. The Morgan fingerprint density at radius 3 is 2.17 bits per heavy atom. The van der Waals surface area contributed by atoms with Crippen molar-refractivity contribution >= 4 is 5.91 Å². The van der Waals surface area contributed by atoms with Crippen molar-refractivity contribution in [3.63, 3.8) is 0 Å².